The van der Waals surface area contributed by atoms with Gasteiger partial charge >= 0.3 is 5.97 Å². The highest BCUT2D eigenvalue weighted by Crippen LogP contribution is 2.01. The zero-order valence-corrected chi connectivity index (χ0v) is 9.32. The maximum absolute atomic E-state index is 11.4. The van der Waals surface area contributed by atoms with Crippen LogP contribution in [0.15, 0.2) is 0 Å². The van der Waals surface area contributed by atoms with Crippen LogP contribution in [0.5, 0.6) is 0 Å². The predicted octanol–water partition coefficient (Wildman–Crippen LogP) is -2.18. The summed E-state index contributed by atoms with van der Waals surface area (Å²) in [6, 6.07) is -1.01. The number of sulfonamides is 1. The molecule has 0 aromatic heterocycles. The molecule has 0 aliphatic heterocycles. The van der Waals surface area contributed by atoms with Crippen molar-refractivity contribution in [1.29, 1.82) is 0 Å². The Hall–Kier alpha value is -0.700. The Morgan fingerprint density at radius 1 is 1.40 bits per heavy atom. The van der Waals surface area contributed by atoms with E-state index in [0.717, 1.165) is 14.0 Å². The molecule has 0 saturated carbocycles. The van der Waals surface area contributed by atoms with Crippen LogP contribution >= 0.6 is 0 Å². The lowest BCUT2D eigenvalue weighted by molar-refractivity contribution is -0.139. The lowest BCUT2D eigenvalue weighted by Crippen LogP contribution is -2.46. The van der Waals surface area contributed by atoms with E-state index in [1.54, 1.807) is 0 Å². The van der Waals surface area contributed by atoms with Gasteiger partial charge in [0, 0.05) is 0 Å². The van der Waals surface area contributed by atoms with E-state index in [2.05, 4.69) is 4.74 Å². The first kappa shape index (κ1) is 14.3. The van der Waals surface area contributed by atoms with Crippen molar-refractivity contribution in [2.75, 3.05) is 20.3 Å². The van der Waals surface area contributed by atoms with Crippen LogP contribution < -0.4 is 4.72 Å². The summed E-state index contributed by atoms with van der Waals surface area (Å²) in [6.45, 7) is 0.0488. The minimum atomic E-state index is -3.94. The molecule has 0 rings (SSSR count). The second-order valence-electron chi connectivity index (χ2n) is 2.89. The van der Waals surface area contributed by atoms with E-state index in [-0.39, 0.29) is 0 Å². The Kier molecular flexibility index (Phi) is 5.73. The van der Waals surface area contributed by atoms with Gasteiger partial charge in [-0.2, -0.15) is 0 Å². The molecule has 0 aromatic rings. The van der Waals surface area contributed by atoms with Crippen molar-refractivity contribution < 1.29 is 28.2 Å². The molecule has 0 aliphatic carbocycles. The van der Waals surface area contributed by atoms with Crippen LogP contribution in [0, 0.1) is 0 Å². The average molecular weight is 241 g/mol. The monoisotopic (exact) mass is 241 g/mol. The number of aliphatic hydroxyl groups is 2. The van der Waals surface area contributed by atoms with Crippen LogP contribution in [-0.4, -0.2) is 56.2 Å². The maximum Gasteiger partial charge on any atom is 0.325 e. The summed E-state index contributed by atoms with van der Waals surface area (Å²) in [6.07, 6.45) is 0. The third kappa shape index (κ3) is 4.12. The van der Waals surface area contributed by atoms with Crippen molar-refractivity contribution in [3.05, 3.63) is 0 Å². The normalized spacial score (nSPS) is 13.9. The van der Waals surface area contributed by atoms with Crippen molar-refractivity contribution in [2.45, 2.75) is 18.2 Å². The van der Waals surface area contributed by atoms with Crippen LogP contribution in [0.4, 0.5) is 0 Å². The van der Waals surface area contributed by atoms with Gasteiger partial charge in [-0.1, -0.05) is 0 Å². The smallest absolute Gasteiger partial charge is 0.325 e. The fraction of sp³-hybridized carbons (Fsp3) is 0.857. The number of hydrogen-bond acceptors (Lipinski definition) is 6. The quantitative estimate of drug-likeness (QED) is 0.456. The molecule has 0 amide bonds. The molecule has 1 atom stereocenters. The van der Waals surface area contributed by atoms with Gasteiger partial charge in [0.15, 0.2) is 5.25 Å². The van der Waals surface area contributed by atoms with Gasteiger partial charge in [0.25, 0.3) is 0 Å². The molecule has 0 bridgehead atoms. The predicted molar refractivity (Wildman–Crippen MR) is 51.5 cm³/mol. The molecule has 0 saturated heterocycles. The second kappa shape index (κ2) is 6.01. The zero-order valence-electron chi connectivity index (χ0n) is 8.50. The van der Waals surface area contributed by atoms with E-state index in [1.165, 1.54) is 0 Å². The minimum Gasteiger partial charge on any atom is -0.468 e. The van der Waals surface area contributed by atoms with E-state index < -0.39 is 40.5 Å². The zero-order chi connectivity index (χ0) is 12.1. The van der Waals surface area contributed by atoms with Crippen LogP contribution in [0.2, 0.25) is 0 Å². The van der Waals surface area contributed by atoms with Gasteiger partial charge in [0.2, 0.25) is 10.0 Å². The number of hydrogen-bond donors (Lipinski definition) is 3. The summed E-state index contributed by atoms with van der Waals surface area (Å²) in [5.41, 5.74) is 0. The first-order valence-corrected chi connectivity index (χ1v) is 5.74. The molecule has 7 nitrogen and oxygen atoms in total. The molecule has 15 heavy (non-hydrogen) atoms. The van der Waals surface area contributed by atoms with E-state index >= 15 is 0 Å². The van der Waals surface area contributed by atoms with Crippen molar-refractivity contribution in [3.63, 3.8) is 0 Å². The molecule has 8 heteroatoms. The fourth-order valence-electron chi connectivity index (χ4n) is 0.759. The van der Waals surface area contributed by atoms with E-state index in [9.17, 15) is 13.2 Å². The number of nitrogens with one attached hydrogen (secondary N) is 1. The van der Waals surface area contributed by atoms with E-state index in [0.29, 0.717) is 0 Å². The molecule has 90 valence electrons. The maximum atomic E-state index is 11.4. The summed E-state index contributed by atoms with van der Waals surface area (Å²) in [5, 5.41) is 15.9. The highest BCUT2D eigenvalue weighted by atomic mass is 32.2. The summed E-state index contributed by atoms with van der Waals surface area (Å²) in [5.74, 6) is -0.905. The first-order chi connectivity index (χ1) is 6.88. The minimum absolute atomic E-state index is 0.552. The number of carbonyl (C=O) groups excluding carboxylic acids is 1. The number of ether oxygens (including phenoxy) is 1. The van der Waals surface area contributed by atoms with Gasteiger partial charge in [-0.05, 0) is 6.92 Å². The Labute approximate surface area is 88.1 Å². The molecule has 0 radical (unpaired) electrons. The van der Waals surface area contributed by atoms with Gasteiger partial charge in [0.05, 0.1) is 26.4 Å². The van der Waals surface area contributed by atoms with Crippen molar-refractivity contribution in [1.82, 2.24) is 4.72 Å². The van der Waals surface area contributed by atoms with Gasteiger partial charge in [-0.3, -0.25) is 4.79 Å². The molecule has 1 unspecified atom stereocenters. The van der Waals surface area contributed by atoms with Crippen LogP contribution in [0.3, 0.4) is 0 Å². The van der Waals surface area contributed by atoms with Gasteiger partial charge in [0.1, 0.15) is 0 Å². The lowest BCUT2D eigenvalue weighted by Gasteiger charge is -2.16. The number of methoxy groups -OCH3 is 1. The van der Waals surface area contributed by atoms with Crippen molar-refractivity contribution in [3.8, 4) is 0 Å². The first-order valence-electron chi connectivity index (χ1n) is 4.19. The average Bonchev–Trinajstić information content (AvgIpc) is 2.23. The molecule has 0 aliphatic rings. The van der Waals surface area contributed by atoms with E-state index in [1.807, 2.05) is 4.72 Å². The molecule has 0 fully saturated rings. The highest BCUT2D eigenvalue weighted by Gasteiger charge is 2.30. The van der Waals surface area contributed by atoms with Crippen LogP contribution in [0.25, 0.3) is 0 Å². The second-order valence-corrected chi connectivity index (χ2v) is 4.92. The largest absolute Gasteiger partial charge is 0.468 e. The van der Waals surface area contributed by atoms with Crippen LogP contribution in [0.1, 0.15) is 6.92 Å². The van der Waals surface area contributed by atoms with Gasteiger partial charge in [-0.15, -0.1) is 0 Å². The third-order valence-electron chi connectivity index (χ3n) is 1.77. The van der Waals surface area contributed by atoms with E-state index in [4.69, 9.17) is 10.2 Å². The fourth-order valence-corrected chi connectivity index (χ4v) is 1.93. The Morgan fingerprint density at radius 2 is 1.87 bits per heavy atom. The van der Waals surface area contributed by atoms with Crippen LogP contribution in [-0.2, 0) is 19.6 Å². The highest BCUT2D eigenvalue weighted by molar-refractivity contribution is 7.90. The lowest BCUT2D eigenvalue weighted by atomic mass is 10.4. The Morgan fingerprint density at radius 3 is 2.20 bits per heavy atom. The summed E-state index contributed by atoms with van der Waals surface area (Å²) >= 11 is 0. The van der Waals surface area contributed by atoms with Crippen molar-refractivity contribution in [2.24, 2.45) is 0 Å². The molecular weight excluding hydrogens is 226 g/mol. The topological polar surface area (TPSA) is 113 Å². The summed E-state index contributed by atoms with van der Waals surface area (Å²) in [7, 11) is -2.87. The summed E-state index contributed by atoms with van der Waals surface area (Å²) in [4.78, 5) is 11.0. The standard InChI is InChI=1S/C7H15NO6S/c1-5(7(11)14-2)15(12,13)8-6(3-9)4-10/h5-6,8-10H,3-4H2,1-2H3. The number of rotatable bonds is 6. The molecule has 0 heterocycles. The third-order valence-corrected chi connectivity index (χ3v) is 3.56. The molecule has 0 spiro atoms. The van der Waals surface area contributed by atoms with Gasteiger partial charge < -0.3 is 14.9 Å². The van der Waals surface area contributed by atoms with Crippen molar-refractivity contribution >= 4 is 16.0 Å². The molecule has 3 N–H and O–H groups in total. The molecule has 0 aromatic carbocycles. The number of carbonyl (C=O) groups is 1. The Bertz CT molecular complexity index is 297. The van der Waals surface area contributed by atoms with Gasteiger partial charge in [-0.25, -0.2) is 13.1 Å². The SMILES string of the molecule is COC(=O)C(C)S(=O)(=O)NC(CO)CO. The molecular formula is C7H15NO6S. The number of aliphatic hydroxyl groups excluding tert-OH is 2. The number of esters is 1. The Balaban J connectivity index is 4.61. The summed E-state index contributed by atoms with van der Waals surface area (Å²) < 4.78 is 29.1.